The van der Waals surface area contributed by atoms with Crippen LogP contribution in [-0.2, 0) is 9.53 Å². The molecular weight excluding hydrogens is 228 g/mol. The zero-order valence-corrected chi connectivity index (χ0v) is 11.7. The lowest BCUT2D eigenvalue weighted by Crippen LogP contribution is -2.55. The molecule has 0 aromatic rings. The lowest BCUT2D eigenvalue weighted by Gasteiger charge is -2.44. The molecule has 104 valence electrons. The first-order valence-corrected chi connectivity index (χ1v) is 7.36. The van der Waals surface area contributed by atoms with Gasteiger partial charge in [0.1, 0.15) is 0 Å². The van der Waals surface area contributed by atoms with E-state index < -0.39 is 0 Å². The van der Waals surface area contributed by atoms with Crippen LogP contribution in [0.15, 0.2) is 0 Å². The Hall–Kier alpha value is -0.610. The highest BCUT2D eigenvalue weighted by Crippen LogP contribution is 2.28. The molecule has 2 rings (SSSR count). The van der Waals surface area contributed by atoms with Crippen LogP contribution in [0.4, 0.5) is 0 Å². The molecule has 1 aliphatic carbocycles. The first-order chi connectivity index (χ1) is 8.72. The predicted octanol–water partition coefficient (Wildman–Crippen LogP) is 1.54. The number of amides is 1. The van der Waals surface area contributed by atoms with E-state index in [-0.39, 0.29) is 6.04 Å². The normalized spacial score (nSPS) is 29.8. The van der Waals surface area contributed by atoms with Crippen molar-refractivity contribution in [1.82, 2.24) is 10.2 Å². The molecule has 0 aromatic heterocycles. The smallest absolute Gasteiger partial charge is 0.224 e. The van der Waals surface area contributed by atoms with Gasteiger partial charge in [0.15, 0.2) is 0 Å². The van der Waals surface area contributed by atoms with Crippen LogP contribution >= 0.6 is 0 Å². The van der Waals surface area contributed by atoms with Gasteiger partial charge in [0.2, 0.25) is 5.91 Å². The summed E-state index contributed by atoms with van der Waals surface area (Å²) in [5.74, 6) is 0.295. The van der Waals surface area contributed by atoms with Crippen molar-refractivity contribution in [3.05, 3.63) is 0 Å². The summed E-state index contributed by atoms with van der Waals surface area (Å²) in [6, 6.07) is 0.612. The summed E-state index contributed by atoms with van der Waals surface area (Å²) >= 11 is 0. The van der Waals surface area contributed by atoms with Crippen LogP contribution in [0.2, 0.25) is 0 Å². The molecule has 1 amide bonds. The number of fused-ring (bicyclic) bond motifs is 1. The van der Waals surface area contributed by atoms with Gasteiger partial charge in [0.25, 0.3) is 0 Å². The van der Waals surface area contributed by atoms with Crippen molar-refractivity contribution in [3.8, 4) is 0 Å². The van der Waals surface area contributed by atoms with Crippen LogP contribution in [0.5, 0.6) is 0 Å². The summed E-state index contributed by atoms with van der Waals surface area (Å²) in [6.07, 6.45) is 5.62. The zero-order chi connectivity index (χ0) is 13.0. The third-order valence-electron chi connectivity index (χ3n) is 4.09. The number of ether oxygens (including phenoxy) is 1. The van der Waals surface area contributed by atoms with Gasteiger partial charge in [0.05, 0.1) is 18.8 Å². The van der Waals surface area contributed by atoms with Crippen LogP contribution in [0.3, 0.4) is 0 Å². The van der Waals surface area contributed by atoms with Crippen LogP contribution in [0.1, 0.15) is 46.0 Å². The number of nitrogens with one attached hydrogen (secondary N) is 1. The second kappa shape index (κ2) is 6.53. The molecule has 1 saturated carbocycles. The summed E-state index contributed by atoms with van der Waals surface area (Å²) in [7, 11) is 0. The number of carbonyl (C=O) groups is 1. The lowest BCUT2D eigenvalue weighted by molar-refractivity contribution is -0.150. The fourth-order valence-electron chi connectivity index (χ4n) is 3.21. The van der Waals surface area contributed by atoms with Crippen LogP contribution in [0.25, 0.3) is 0 Å². The largest absolute Gasteiger partial charge is 0.374 e. The van der Waals surface area contributed by atoms with Crippen LogP contribution < -0.4 is 5.32 Å². The van der Waals surface area contributed by atoms with E-state index in [4.69, 9.17) is 4.74 Å². The maximum Gasteiger partial charge on any atom is 0.224 e. The Balaban J connectivity index is 1.91. The third kappa shape index (κ3) is 3.23. The van der Waals surface area contributed by atoms with Crippen molar-refractivity contribution in [2.45, 2.75) is 64.1 Å². The van der Waals surface area contributed by atoms with E-state index in [1.165, 1.54) is 12.8 Å². The molecule has 2 fully saturated rings. The molecule has 0 radical (unpaired) electrons. The predicted molar refractivity (Wildman–Crippen MR) is 71.5 cm³/mol. The quantitative estimate of drug-likeness (QED) is 0.827. The minimum absolute atomic E-state index is 0.271. The lowest BCUT2D eigenvalue weighted by atomic mass is 9.90. The molecule has 2 aliphatic rings. The Kier molecular flexibility index (Phi) is 5.01. The standard InChI is InChI=1S/C14H26N2O2/c1-3-15-11(2)10-14(17)16-8-9-18-13-7-5-4-6-12(13)16/h11-13,15H,3-10H2,1-2H3. The van der Waals surface area contributed by atoms with E-state index in [1.54, 1.807) is 0 Å². The fourth-order valence-corrected chi connectivity index (χ4v) is 3.21. The van der Waals surface area contributed by atoms with Gasteiger partial charge in [-0.15, -0.1) is 0 Å². The number of carbonyl (C=O) groups excluding carboxylic acids is 1. The van der Waals surface area contributed by atoms with Crippen molar-refractivity contribution in [2.75, 3.05) is 19.7 Å². The second-order valence-electron chi connectivity index (χ2n) is 5.51. The van der Waals surface area contributed by atoms with Crippen LogP contribution in [-0.4, -0.2) is 48.7 Å². The molecule has 1 saturated heterocycles. The molecule has 3 atom stereocenters. The zero-order valence-electron chi connectivity index (χ0n) is 11.7. The molecule has 0 bridgehead atoms. The Morgan fingerprint density at radius 3 is 3.00 bits per heavy atom. The monoisotopic (exact) mass is 254 g/mol. The first kappa shape index (κ1) is 13.8. The SMILES string of the molecule is CCNC(C)CC(=O)N1CCOC2CCCCC21. The summed E-state index contributed by atoms with van der Waals surface area (Å²) in [6.45, 7) is 6.57. The van der Waals surface area contributed by atoms with Crippen molar-refractivity contribution in [2.24, 2.45) is 0 Å². The molecule has 4 nitrogen and oxygen atoms in total. The molecular formula is C14H26N2O2. The molecule has 4 heteroatoms. The van der Waals surface area contributed by atoms with Gasteiger partial charge in [-0.3, -0.25) is 4.79 Å². The van der Waals surface area contributed by atoms with Crippen molar-refractivity contribution in [1.29, 1.82) is 0 Å². The van der Waals surface area contributed by atoms with E-state index in [2.05, 4.69) is 24.1 Å². The topological polar surface area (TPSA) is 41.6 Å². The fraction of sp³-hybridized carbons (Fsp3) is 0.929. The van der Waals surface area contributed by atoms with Crippen molar-refractivity contribution in [3.63, 3.8) is 0 Å². The summed E-state index contributed by atoms with van der Waals surface area (Å²) in [4.78, 5) is 14.5. The van der Waals surface area contributed by atoms with Gasteiger partial charge in [-0.05, 0) is 26.3 Å². The second-order valence-corrected chi connectivity index (χ2v) is 5.51. The minimum Gasteiger partial charge on any atom is -0.374 e. The number of hydrogen-bond acceptors (Lipinski definition) is 3. The Morgan fingerprint density at radius 2 is 2.22 bits per heavy atom. The van der Waals surface area contributed by atoms with E-state index >= 15 is 0 Å². The highest BCUT2D eigenvalue weighted by molar-refractivity contribution is 5.77. The summed E-state index contributed by atoms with van der Waals surface area (Å²) < 4.78 is 5.81. The first-order valence-electron chi connectivity index (χ1n) is 7.36. The van der Waals surface area contributed by atoms with Crippen molar-refractivity contribution >= 4 is 5.91 Å². The average molecular weight is 254 g/mol. The summed E-state index contributed by atoms with van der Waals surface area (Å²) in [5, 5.41) is 3.31. The highest BCUT2D eigenvalue weighted by atomic mass is 16.5. The number of rotatable bonds is 4. The van der Waals surface area contributed by atoms with Gasteiger partial charge in [-0.25, -0.2) is 0 Å². The molecule has 18 heavy (non-hydrogen) atoms. The number of hydrogen-bond donors (Lipinski definition) is 1. The van der Waals surface area contributed by atoms with Crippen LogP contribution in [0, 0.1) is 0 Å². The third-order valence-corrected chi connectivity index (χ3v) is 4.09. The molecule has 1 aliphatic heterocycles. The highest BCUT2D eigenvalue weighted by Gasteiger charge is 2.36. The minimum atomic E-state index is 0.271. The van der Waals surface area contributed by atoms with Gasteiger partial charge < -0.3 is 15.0 Å². The molecule has 0 aromatic carbocycles. The average Bonchev–Trinajstić information content (AvgIpc) is 2.38. The Morgan fingerprint density at radius 1 is 1.44 bits per heavy atom. The molecule has 3 unspecified atom stereocenters. The number of morpholine rings is 1. The summed E-state index contributed by atoms with van der Waals surface area (Å²) in [5.41, 5.74) is 0. The molecule has 1 heterocycles. The molecule has 0 spiro atoms. The maximum atomic E-state index is 12.4. The Labute approximate surface area is 110 Å². The number of nitrogens with zero attached hydrogens (tertiary/aromatic N) is 1. The van der Waals surface area contributed by atoms with Gasteiger partial charge >= 0.3 is 0 Å². The maximum absolute atomic E-state index is 12.4. The van der Waals surface area contributed by atoms with E-state index in [1.807, 2.05) is 0 Å². The van der Waals surface area contributed by atoms with Gasteiger partial charge in [-0.2, -0.15) is 0 Å². The molecule has 1 N–H and O–H groups in total. The van der Waals surface area contributed by atoms with Gasteiger partial charge in [0, 0.05) is 19.0 Å². The van der Waals surface area contributed by atoms with E-state index in [0.29, 0.717) is 31.1 Å². The van der Waals surface area contributed by atoms with E-state index in [0.717, 1.165) is 25.9 Å². The van der Waals surface area contributed by atoms with E-state index in [9.17, 15) is 4.79 Å². The van der Waals surface area contributed by atoms with Crippen molar-refractivity contribution < 1.29 is 9.53 Å². The Bertz CT molecular complexity index is 281. The van der Waals surface area contributed by atoms with Gasteiger partial charge in [-0.1, -0.05) is 19.8 Å².